The second-order valence-corrected chi connectivity index (χ2v) is 4.18. The number of carboxylic acid groups (broad SMARTS) is 1. The fraction of sp³-hybridized carbons (Fsp3) is 0.462. The molecule has 94 valence electrons. The largest absolute Gasteiger partial charge is 0.491 e. The number of ether oxygens (including phenoxy) is 1. The lowest BCUT2D eigenvalue weighted by molar-refractivity contribution is -0.137. The lowest BCUT2D eigenvalue weighted by atomic mass is 10.0. The molecule has 1 atom stereocenters. The first-order valence-electron chi connectivity index (χ1n) is 5.68. The standard InChI is InChI=1S/C13H19NO3/c1-9(2)17-11-6-4-5-10(7-11)12(14-3)8-13(15)16/h4-7,9,12,14H,8H2,1-3H3,(H,15,16). The Bertz CT molecular complexity index is 377. The van der Waals surface area contributed by atoms with Gasteiger partial charge in [-0.2, -0.15) is 0 Å². The van der Waals surface area contributed by atoms with Gasteiger partial charge in [0.2, 0.25) is 0 Å². The van der Waals surface area contributed by atoms with Crippen molar-refractivity contribution in [3.05, 3.63) is 29.8 Å². The Kier molecular flexibility index (Phi) is 4.97. The van der Waals surface area contributed by atoms with Crippen molar-refractivity contribution in [1.29, 1.82) is 0 Å². The number of rotatable bonds is 6. The molecule has 0 aliphatic heterocycles. The quantitative estimate of drug-likeness (QED) is 0.796. The van der Waals surface area contributed by atoms with Crippen LogP contribution in [0.4, 0.5) is 0 Å². The van der Waals surface area contributed by atoms with Gasteiger partial charge in [0.25, 0.3) is 0 Å². The lowest BCUT2D eigenvalue weighted by Gasteiger charge is -2.16. The van der Waals surface area contributed by atoms with Crippen molar-refractivity contribution in [3.63, 3.8) is 0 Å². The summed E-state index contributed by atoms with van der Waals surface area (Å²) in [5, 5.41) is 11.8. The van der Waals surface area contributed by atoms with E-state index in [1.807, 2.05) is 38.1 Å². The normalized spacial score (nSPS) is 12.5. The van der Waals surface area contributed by atoms with Crippen LogP contribution in [-0.2, 0) is 4.79 Å². The lowest BCUT2D eigenvalue weighted by Crippen LogP contribution is -2.19. The van der Waals surface area contributed by atoms with Crippen molar-refractivity contribution in [2.24, 2.45) is 0 Å². The minimum absolute atomic E-state index is 0.0572. The predicted octanol–water partition coefficient (Wildman–Crippen LogP) is 2.21. The Hall–Kier alpha value is -1.55. The van der Waals surface area contributed by atoms with Gasteiger partial charge in [-0.25, -0.2) is 0 Å². The summed E-state index contributed by atoms with van der Waals surface area (Å²) >= 11 is 0. The third-order valence-electron chi connectivity index (χ3n) is 2.36. The van der Waals surface area contributed by atoms with Crippen molar-refractivity contribution in [2.45, 2.75) is 32.4 Å². The third-order valence-corrected chi connectivity index (χ3v) is 2.36. The van der Waals surface area contributed by atoms with E-state index in [1.54, 1.807) is 7.05 Å². The Labute approximate surface area is 102 Å². The van der Waals surface area contributed by atoms with Crippen LogP contribution in [0, 0.1) is 0 Å². The molecule has 0 aromatic heterocycles. The van der Waals surface area contributed by atoms with Crippen LogP contribution in [0.5, 0.6) is 5.75 Å². The van der Waals surface area contributed by atoms with E-state index in [2.05, 4.69) is 5.32 Å². The summed E-state index contributed by atoms with van der Waals surface area (Å²) in [5.74, 6) is -0.0531. The number of aliphatic carboxylic acids is 1. The highest BCUT2D eigenvalue weighted by Gasteiger charge is 2.14. The summed E-state index contributed by atoms with van der Waals surface area (Å²) < 4.78 is 5.58. The molecule has 17 heavy (non-hydrogen) atoms. The zero-order chi connectivity index (χ0) is 12.8. The van der Waals surface area contributed by atoms with Crippen LogP contribution >= 0.6 is 0 Å². The molecule has 0 spiro atoms. The van der Waals surface area contributed by atoms with Crippen molar-refractivity contribution in [2.75, 3.05) is 7.05 Å². The zero-order valence-corrected chi connectivity index (χ0v) is 10.4. The van der Waals surface area contributed by atoms with E-state index in [1.165, 1.54) is 0 Å². The van der Waals surface area contributed by atoms with Crippen LogP contribution in [-0.4, -0.2) is 24.2 Å². The highest BCUT2D eigenvalue weighted by molar-refractivity contribution is 5.68. The topological polar surface area (TPSA) is 58.6 Å². The van der Waals surface area contributed by atoms with Crippen molar-refractivity contribution < 1.29 is 14.6 Å². The van der Waals surface area contributed by atoms with E-state index in [0.29, 0.717) is 0 Å². The molecule has 4 nitrogen and oxygen atoms in total. The van der Waals surface area contributed by atoms with Gasteiger partial charge in [-0.3, -0.25) is 4.79 Å². The smallest absolute Gasteiger partial charge is 0.305 e. The number of nitrogens with one attached hydrogen (secondary N) is 1. The van der Waals surface area contributed by atoms with E-state index < -0.39 is 5.97 Å². The molecule has 2 N–H and O–H groups in total. The molecule has 4 heteroatoms. The fourth-order valence-corrected chi connectivity index (χ4v) is 1.64. The minimum atomic E-state index is -0.820. The van der Waals surface area contributed by atoms with Gasteiger partial charge in [0.15, 0.2) is 0 Å². The number of hydrogen-bond donors (Lipinski definition) is 2. The van der Waals surface area contributed by atoms with E-state index in [9.17, 15) is 4.79 Å². The second-order valence-electron chi connectivity index (χ2n) is 4.18. The molecule has 0 heterocycles. The summed E-state index contributed by atoms with van der Waals surface area (Å²) in [6.07, 6.45) is 0.166. The van der Waals surface area contributed by atoms with Gasteiger partial charge in [-0.05, 0) is 38.6 Å². The second kappa shape index (κ2) is 6.25. The fourth-order valence-electron chi connectivity index (χ4n) is 1.64. The summed E-state index contributed by atoms with van der Waals surface area (Å²) in [7, 11) is 1.75. The highest BCUT2D eigenvalue weighted by atomic mass is 16.5. The van der Waals surface area contributed by atoms with Crippen LogP contribution in [0.3, 0.4) is 0 Å². The van der Waals surface area contributed by atoms with E-state index in [0.717, 1.165) is 11.3 Å². The van der Waals surface area contributed by atoms with Gasteiger partial charge in [-0.15, -0.1) is 0 Å². The predicted molar refractivity (Wildman–Crippen MR) is 66.3 cm³/mol. The third kappa shape index (κ3) is 4.44. The molecule has 1 rings (SSSR count). The summed E-state index contributed by atoms with van der Waals surface area (Å²) in [6, 6.07) is 7.33. The van der Waals surface area contributed by atoms with E-state index in [4.69, 9.17) is 9.84 Å². The van der Waals surface area contributed by atoms with Crippen LogP contribution < -0.4 is 10.1 Å². The summed E-state index contributed by atoms with van der Waals surface area (Å²) in [5.41, 5.74) is 0.924. The first-order chi connectivity index (χ1) is 8.02. The monoisotopic (exact) mass is 237 g/mol. The maximum Gasteiger partial charge on any atom is 0.305 e. The van der Waals surface area contributed by atoms with Crippen molar-refractivity contribution in [3.8, 4) is 5.75 Å². The summed E-state index contributed by atoms with van der Waals surface area (Å²) in [4.78, 5) is 10.7. The molecule has 0 radical (unpaired) electrons. The van der Waals surface area contributed by atoms with Crippen LogP contribution in [0.15, 0.2) is 24.3 Å². The first-order valence-corrected chi connectivity index (χ1v) is 5.68. The SMILES string of the molecule is CNC(CC(=O)O)c1cccc(OC(C)C)c1. The molecule has 0 saturated carbocycles. The van der Waals surface area contributed by atoms with Gasteiger partial charge in [-0.1, -0.05) is 12.1 Å². The van der Waals surface area contributed by atoms with E-state index in [-0.39, 0.29) is 18.6 Å². The molecule has 1 aromatic rings. The van der Waals surface area contributed by atoms with Crippen molar-refractivity contribution >= 4 is 5.97 Å². The van der Waals surface area contributed by atoms with Gasteiger partial charge in [0, 0.05) is 6.04 Å². The van der Waals surface area contributed by atoms with Crippen LogP contribution in [0.1, 0.15) is 31.9 Å². The number of carbonyl (C=O) groups is 1. The average Bonchev–Trinajstić information content (AvgIpc) is 2.25. The van der Waals surface area contributed by atoms with Gasteiger partial charge in [0.05, 0.1) is 12.5 Å². The molecular formula is C13H19NO3. The molecule has 0 aliphatic rings. The number of hydrogen-bond acceptors (Lipinski definition) is 3. The maximum absolute atomic E-state index is 10.7. The molecule has 0 amide bonds. The Balaban J connectivity index is 2.84. The number of benzene rings is 1. The molecule has 0 bridgehead atoms. The van der Waals surface area contributed by atoms with Crippen molar-refractivity contribution in [1.82, 2.24) is 5.32 Å². The highest BCUT2D eigenvalue weighted by Crippen LogP contribution is 2.22. The Morgan fingerprint density at radius 3 is 2.71 bits per heavy atom. The van der Waals surface area contributed by atoms with Crippen LogP contribution in [0.2, 0.25) is 0 Å². The number of carboxylic acids is 1. The first kappa shape index (κ1) is 13.5. The molecule has 0 saturated heterocycles. The van der Waals surface area contributed by atoms with Gasteiger partial charge >= 0.3 is 5.97 Å². The molecule has 1 aromatic carbocycles. The van der Waals surface area contributed by atoms with Gasteiger partial charge in [0.1, 0.15) is 5.75 Å². The molecule has 1 unspecified atom stereocenters. The zero-order valence-electron chi connectivity index (χ0n) is 10.4. The van der Waals surface area contributed by atoms with E-state index >= 15 is 0 Å². The molecule has 0 aliphatic carbocycles. The maximum atomic E-state index is 10.7. The Morgan fingerprint density at radius 1 is 1.47 bits per heavy atom. The van der Waals surface area contributed by atoms with Gasteiger partial charge < -0.3 is 15.2 Å². The van der Waals surface area contributed by atoms with Crippen LogP contribution in [0.25, 0.3) is 0 Å². The molecular weight excluding hydrogens is 218 g/mol. The summed E-state index contributed by atoms with van der Waals surface area (Å²) in [6.45, 7) is 3.92. The Morgan fingerprint density at radius 2 is 2.18 bits per heavy atom. The molecule has 0 fully saturated rings. The minimum Gasteiger partial charge on any atom is -0.491 e. The average molecular weight is 237 g/mol.